The summed E-state index contributed by atoms with van der Waals surface area (Å²) in [6, 6.07) is 17.9. The fraction of sp³-hybridized carbons (Fsp3) is 0.333. The minimum absolute atomic E-state index is 0.290. The van der Waals surface area contributed by atoms with E-state index in [1.807, 2.05) is 0 Å². The molecular weight excluding hydrogens is 282 g/mol. The third-order valence-electron chi connectivity index (χ3n) is 4.61. The standard InChI is InChI=1S/C21H25NO/c1-16-5-3-6-19(13-16)15-18-8-10-20(11-9-18)22-12-4-7-21(22)14-17(2)23/h3,5-6,8-11,13,21,23H,2,4,7,12,14-15H2,1H3. The molecule has 0 radical (unpaired) electrons. The van der Waals surface area contributed by atoms with Gasteiger partial charge in [-0.3, -0.25) is 0 Å². The first-order chi connectivity index (χ1) is 11.1. The van der Waals surface area contributed by atoms with Crippen LogP contribution >= 0.6 is 0 Å². The Hall–Kier alpha value is -2.22. The van der Waals surface area contributed by atoms with Gasteiger partial charge in [0.25, 0.3) is 0 Å². The average Bonchev–Trinajstić information content (AvgIpc) is 2.95. The summed E-state index contributed by atoms with van der Waals surface area (Å²) in [5.41, 5.74) is 5.25. The largest absolute Gasteiger partial charge is 0.513 e. The van der Waals surface area contributed by atoms with Gasteiger partial charge in [-0.2, -0.15) is 0 Å². The molecule has 2 heteroatoms. The van der Waals surface area contributed by atoms with E-state index in [1.54, 1.807) is 0 Å². The Kier molecular flexibility index (Phi) is 4.71. The molecule has 1 atom stereocenters. The van der Waals surface area contributed by atoms with Crippen LogP contribution in [-0.4, -0.2) is 17.7 Å². The van der Waals surface area contributed by atoms with Gasteiger partial charge in [0.15, 0.2) is 0 Å². The normalized spacial score (nSPS) is 17.4. The first-order valence-electron chi connectivity index (χ1n) is 8.40. The van der Waals surface area contributed by atoms with Crippen LogP contribution in [0.3, 0.4) is 0 Å². The second kappa shape index (κ2) is 6.91. The smallest absolute Gasteiger partial charge is 0.0871 e. The molecule has 1 N–H and O–H groups in total. The van der Waals surface area contributed by atoms with Crippen LogP contribution in [0.4, 0.5) is 5.69 Å². The lowest BCUT2D eigenvalue weighted by Crippen LogP contribution is -2.29. The van der Waals surface area contributed by atoms with Gasteiger partial charge >= 0.3 is 0 Å². The maximum Gasteiger partial charge on any atom is 0.0871 e. The number of aryl methyl sites for hydroxylation is 1. The second-order valence-electron chi connectivity index (χ2n) is 6.59. The zero-order chi connectivity index (χ0) is 16.2. The third-order valence-corrected chi connectivity index (χ3v) is 4.61. The van der Waals surface area contributed by atoms with Crippen LogP contribution in [0.2, 0.25) is 0 Å². The molecular formula is C21H25NO. The first kappa shape index (κ1) is 15.7. The number of aliphatic hydroxyl groups is 1. The molecule has 0 bridgehead atoms. The Balaban J connectivity index is 1.70. The molecule has 0 aromatic heterocycles. The lowest BCUT2D eigenvalue weighted by atomic mass is 10.0. The summed E-state index contributed by atoms with van der Waals surface area (Å²) >= 11 is 0. The molecule has 1 saturated heterocycles. The lowest BCUT2D eigenvalue weighted by molar-refractivity contribution is 0.376. The van der Waals surface area contributed by atoms with E-state index in [-0.39, 0.29) is 5.76 Å². The molecule has 2 aromatic rings. The van der Waals surface area contributed by atoms with Crippen molar-refractivity contribution in [3.63, 3.8) is 0 Å². The maximum absolute atomic E-state index is 9.49. The van der Waals surface area contributed by atoms with Crippen LogP contribution in [-0.2, 0) is 6.42 Å². The van der Waals surface area contributed by atoms with Gasteiger partial charge < -0.3 is 10.0 Å². The summed E-state index contributed by atoms with van der Waals surface area (Å²) in [5, 5.41) is 9.49. The van der Waals surface area contributed by atoms with E-state index in [0.717, 1.165) is 19.4 Å². The molecule has 3 rings (SSSR count). The van der Waals surface area contributed by atoms with Crippen molar-refractivity contribution in [3.8, 4) is 0 Å². The minimum Gasteiger partial charge on any atom is -0.513 e. The van der Waals surface area contributed by atoms with Crippen LogP contribution in [0.5, 0.6) is 0 Å². The molecule has 1 aliphatic rings. The van der Waals surface area contributed by atoms with E-state index in [4.69, 9.17) is 0 Å². The average molecular weight is 307 g/mol. The molecule has 1 fully saturated rings. The third kappa shape index (κ3) is 3.95. The minimum atomic E-state index is 0.290. The molecule has 0 aliphatic carbocycles. The van der Waals surface area contributed by atoms with Crippen molar-refractivity contribution in [2.24, 2.45) is 0 Å². The topological polar surface area (TPSA) is 23.5 Å². The fourth-order valence-corrected chi connectivity index (χ4v) is 3.52. The van der Waals surface area contributed by atoms with Crippen molar-refractivity contribution in [3.05, 3.63) is 77.6 Å². The Morgan fingerprint density at radius 3 is 2.65 bits per heavy atom. The van der Waals surface area contributed by atoms with Crippen molar-refractivity contribution in [2.45, 2.75) is 38.6 Å². The number of nitrogens with zero attached hydrogens (tertiary/aromatic N) is 1. The summed E-state index contributed by atoms with van der Waals surface area (Å²) in [4.78, 5) is 2.40. The second-order valence-corrected chi connectivity index (χ2v) is 6.59. The SMILES string of the molecule is C=C(O)CC1CCCN1c1ccc(Cc2cccc(C)c2)cc1. The Labute approximate surface area is 139 Å². The number of hydrogen-bond donors (Lipinski definition) is 1. The number of aliphatic hydroxyl groups excluding tert-OH is 1. The molecule has 1 unspecified atom stereocenters. The highest BCUT2D eigenvalue weighted by molar-refractivity contribution is 5.50. The summed E-state index contributed by atoms with van der Waals surface area (Å²) in [5.74, 6) is 0.290. The number of rotatable bonds is 5. The van der Waals surface area contributed by atoms with Gasteiger partial charge in [0.2, 0.25) is 0 Å². The van der Waals surface area contributed by atoms with Gasteiger partial charge in [-0.25, -0.2) is 0 Å². The maximum atomic E-state index is 9.49. The Bertz CT molecular complexity index is 674. The van der Waals surface area contributed by atoms with Gasteiger partial charge in [-0.1, -0.05) is 48.5 Å². The highest BCUT2D eigenvalue weighted by atomic mass is 16.3. The van der Waals surface area contributed by atoms with Crippen LogP contribution in [0, 0.1) is 6.92 Å². The van der Waals surface area contributed by atoms with Crippen molar-refractivity contribution < 1.29 is 5.11 Å². The van der Waals surface area contributed by atoms with E-state index in [0.29, 0.717) is 12.5 Å². The fourth-order valence-electron chi connectivity index (χ4n) is 3.52. The van der Waals surface area contributed by atoms with E-state index in [1.165, 1.54) is 28.8 Å². The van der Waals surface area contributed by atoms with Gasteiger partial charge in [-0.05, 0) is 49.4 Å². The highest BCUT2D eigenvalue weighted by Crippen LogP contribution is 2.29. The van der Waals surface area contributed by atoms with Crippen molar-refractivity contribution in [1.29, 1.82) is 0 Å². The molecule has 23 heavy (non-hydrogen) atoms. The molecule has 0 saturated carbocycles. The molecule has 0 spiro atoms. The van der Waals surface area contributed by atoms with E-state index in [2.05, 4.69) is 66.9 Å². The number of anilines is 1. The number of benzene rings is 2. The van der Waals surface area contributed by atoms with Gasteiger partial charge in [0, 0.05) is 24.7 Å². The van der Waals surface area contributed by atoms with Crippen molar-refractivity contribution in [2.75, 3.05) is 11.4 Å². The van der Waals surface area contributed by atoms with Crippen LogP contribution in [0.25, 0.3) is 0 Å². The molecule has 2 nitrogen and oxygen atoms in total. The quantitative estimate of drug-likeness (QED) is 0.784. The molecule has 1 heterocycles. The summed E-state index contributed by atoms with van der Waals surface area (Å²) in [6.45, 7) is 6.84. The first-order valence-corrected chi connectivity index (χ1v) is 8.40. The lowest BCUT2D eigenvalue weighted by Gasteiger charge is -2.26. The number of hydrogen-bond acceptors (Lipinski definition) is 2. The Morgan fingerprint density at radius 1 is 1.17 bits per heavy atom. The molecule has 1 aliphatic heterocycles. The predicted molar refractivity (Wildman–Crippen MR) is 97.2 cm³/mol. The van der Waals surface area contributed by atoms with E-state index >= 15 is 0 Å². The Morgan fingerprint density at radius 2 is 1.96 bits per heavy atom. The van der Waals surface area contributed by atoms with Crippen molar-refractivity contribution in [1.82, 2.24) is 0 Å². The molecule has 120 valence electrons. The van der Waals surface area contributed by atoms with Crippen molar-refractivity contribution >= 4 is 5.69 Å². The molecule has 0 amide bonds. The molecule has 2 aromatic carbocycles. The van der Waals surface area contributed by atoms with Crippen LogP contribution < -0.4 is 4.90 Å². The highest BCUT2D eigenvalue weighted by Gasteiger charge is 2.25. The van der Waals surface area contributed by atoms with Crippen LogP contribution in [0.1, 0.15) is 36.0 Å². The zero-order valence-corrected chi connectivity index (χ0v) is 13.8. The van der Waals surface area contributed by atoms with Gasteiger partial charge in [-0.15, -0.1) is 0 Å². The summed E-state index contributed by atoms with van der Waals surface area (Å²) in [7, 11) is 0. The predicted octanol–water partition coefficient (Wildman–Crippen LogP) is 5.02. The zero-order valence-electron chi connectivity index (χ0n) is 13.8. The van der Waals surface area contributed by atoms with Gasteiger partial charge in [0.1, 0.15) is 0 Å². The van der Waals surface area contributed by atoms with E-state index < -0.39 is 0 Å². The summed E-state index contributed by atoms with van der Waals surface area (Å²) in [6.07, 6.45) is 3.96. The van der Waals surface area contributed by atoms with E-state index in [9.17, 15) is 5.11 Å². The monoisotopic (exact) mass is 307 g/mol. The summed E-state index contributed by atoms with van der Waals surface area (Å²) < 4.78 is 0. The van der Waals surface area contributed by atoms with Gasteiger partial charge in [0.05, 0.1) is 5.76 Å². The van der Waals surface area contributed by atoms with Crippen LogP contribution in [0.15, 0.2) is 60.9 Å².